The Kier molecular flexibility index (Phi) is 5.60. The van der Waals surface area contributed by atoms with E-state index in [-0.39, 0.29) is 23.9 Å². The second-order valence-electron chi connectivity index (χ2n) is 6.20. The standard InChI is InChI=1S/C22H18F3NO/c23-22(24,25)18-12-7-13-19(14-18)26-21(27)15-20(16-8-3-1-4-9-16)17-10-5-2-6-11-17/h1-14,20H,15H2,(H,26,27). The highest BCUT2D eigenvalue weighted by molar-refractivity contribution is 5.91. The molecule has 27 heavy (non-hydrogen) atoms. The van der Waals surface area contributed by atoms with E-state index in [0.717, 1.165) is 23.3 Å². The highest BCUT2D eigenvalue weighted by Gasteiger charge is 2.30. The zero-order valence-electron chi connectivity index (χ0n) is 14.4. The fourth-order valence-corrected chi connectivity index (χ4v) is 2.97. The molecule has 0 aliphatic rings. The van der Waals surface area contributed by atoms with Crippen LogP contribution in [-0.2, 0) is 11.0 Å². The van der Waals surface area contributed by atoms with Crippen LogP contribution in [0.3, 0.4) is 0 Å². The van der Waals surface area contributed by atoms with Crippen LogP contribution in [0.1, 0.15) is 29.0 Å². The molecular formula is C22H18F3NO. The lowest BCUT2D eigenvalue weighted by Gasteiger charge is -2.18. The van der Waals surface area contributed by atoms with E-state index in [0.29, 0.717) is 0 Å². The van der Waals surface area contributed by atoms with E-state index in [1.807, 2.05) is 60.7 Å². The van der Waals surface area contributed by atoms with Crippen molar-refractivity contribution in [1.82, 2.24) is 0 Å². The molecule has 3 rings (SSSR count). The summed E-state index contributed by atoms with van der Waals surface area (Å²) in [7, 11) is 0. The summed E-state index contributed by atoms with van der Waals surface area (Å²) in [5, 5.41) is 2.59. The third-order valence-corrected chi connectivity index (χ3v) is 4.27. The van der Waals surface area contributed by atoms with Crippen molar-refractivity contribution in [3.63, 3.8) is 0 Å². The number of hydrogen-bond donors (Lipinski definition) is 1. The second-order valence-corrected chi connectivity index (χ2v) is 6.20. The SMILES string of the molecule is O=C(CC(c1ccccc1)c1ccccc1)Nc1cccc(C(F)(F)F)c1. The maximum Gasteiger partial charge on any atom is 0.416 e. The van der Waals surface area contributed by atoms with Crippen LogP contribution >= 0.6 is 0 Å². The van der Waals surface area contributed by atoms with Crippen LogP contribution in [-0.4, -0.2) is 5.91 Å². The number of alkyl halides is 3. The summed E-state index contributed by atoms with van der Waals surface area (Å²) < 4.78 is 38.5. The van der Waals surface area contributed by atoms with Gasteiger partial charge in [0.15, 0.2) is 0 Å². The number of nitrogens with one attached hydrogen (secondary N) is 1. The van der Waals surface area contributed by atoms with E-state index >= 15 is 0 Å². The van der Waals surface area contributed by atoms with Gasteiger partial charge in [0.2, 0.25) is 5.91 Å². The van der Waals surface area contributed by atoms with Gasteiger partial charge >= 0.3 is 6.18 Å². The van der Waals surface area contributed by atoms with Gasteiger partial charge in [0, 0.05) is 18.0 Å². The normalized spacial score (nSPS) is 11.4. The van der Waals surface area contributed by atoms with Gasteiger partial charge in [-0.2, -0.15) is 13.2 Å². The van der Waals surface area contributed by atoms with Crippen molar-refractivity contribution >= 4 is 11.6 Å². The van der Waals surface area contributed by atoms with Crippen LogP contribution in [0.4, 0.5) is 18.9 Å². The number of hydrogen-bond acceptors (Lipinski definition) is 1. The minimum absolute atomic E-state index is 0.129. The molecule has 2 nitrogen and oxygen atoms in total. The molecule has 3 aromatic carbocycles. The molecule has 0 radical (unpaired) electrons. The lowest BCUT2D eigenvalue weighted by atomic mass is 9.88. The highest BCUT2D eigenvalue weighted by Crippen LogP contribution is 2.31. The first-order valence-corrected chi connectivity index (χ1v) is 8.50. The van der Waals surface area contributed by atoms with Gasteiger partial charge < -0.3 is 5.32 Å². The summed E-state index contributed by atoms with van der Waals surface area (Å²) in [6, 6.07) is 23.8. The molecule has 1 amide bonds. The Bertz CT molecular complexity index is 853. The Labute approximate surface area is 155 Å². The quantitative estimate of drug-likeness (QED) is 0.599. The lowest BCUT2D eigenvalue weighted by molar-refractivity contribution is -0.137. The Hall–Kier alpha value is -3.08. The summed E-state index contributed by atoms with van der Waals surface area (Å²) in [6.07, 6.45) is -4.32. The third kappa shape index (κ3) is 4.97. The molecule has 0 aliphatic carbocycles. The van der Waals surface area contributed by atoms with E-state index in [4.69, 9.17) is 0 Å². The molecule has 1 N–H and O–H groups in total. The van der Waals surface area contributed by atoms with Crippen molar-refractivity contribution in [3.05, 3.63) is 102 Å². The van der Waals surface area contributed by atoms with E-state index < -0.39 is 11.7 Å². The van der Waals surface area contributed by atoms with Crippen LogP contribution in [0.25, 0.3) is 0 Å². The van der Waals surface area contributed by atoms with Gasteiger partial charge in [-0.05, 0) is 29.3 Å². The molecule has 0 aliphatic heterocycles. The number of benzene rings is 3. The Morgan fingerprint density at radius 3 is 1.89 bits per heavy atom. The molecule has 0 heterocycles. The maximum absolute atomic E-state index is 12.8. The molecule has 0 unspecified atom stereocenters. The van der Waals surface area contributed by atoms with E-state index in [9.17, 15) is 18.0 Å². The fraction of sp³-hybridized carbons (Fsp3) is 0.136. The highest BCUT2D eigenvalue weighted by atomic mass is 19.4. The predicted octanol–water partition coefficient (Wildman–Crippen LogP) is 5.87. The monoisotopic (exact) mass is 369 g/mol. The van der Waals surface area contributed by atoms with Crippen LogP contribution in [0.2, 0.25) is 0 Å². The minimum Gasteiger partial charge on any atom is -0.326 e. The van der Waals surface area contributed by atoms with Crippen LogP contribution in [0, 0.1) is 0 Å². The van der Waals surface area contributed by atoms with Gasteiger partial charge in [0.05, 0.1) is 5.56 Å². The van der Waals surface area contributed by atoms with Crippen molar-refractivity contribution in [2.75, 3.05) is 5.32 Å². The first-order valence-electron chi connectivity index (χ1n) is 8.50. The van der Waals surface area contributed by atoms with Crippen LogP contribution in [0.5, 0.6) is 0 Å². The van der Waals surface area contributed by atoms with Gasteiger partial charge in [-0.3, -0.25) is 4.79 Å². The lowest BCUT2D eigenvalue weighted by Crippen LogP contribution is -2.17. The smallest absolute Gasteiger partial charge is 0.326 e. The molecule has 0 bridgehead atoms. The molecule has 0 spiro atoms. The Morgan fingerprint density at radius 2 is 1.37 bits per heavy atom. The maximum atomic E-state index is 12.8. The molecule has 3 aromatic rings. The summed E-state index contributed by atoms with van der Waals surface area (Å²) >= 11 is 0. The number of anilines is 1. The van der Waals surface area contributed by atoms with Crippen molar-refractivity contribution in [3.8, 4) is 0 Å². The first-order chi connectivity index (χ1) is 12.9. The first kappa shape index (κ1) is 18.7. The third-order valence-electron chi connectivity index (χ3n) is 4.27. The Balaban J connectivity index is 1.80. The number of carbonyl (C=O) groups is 1. The number of amides is 1. The van der Waals surface area contributed by atoms with Gasteiger partial charge in [0.1, 0.15) is 0 Å². The predicted molar refractivity (Wildman–Crippen MR) is 99.4 cm³/mol. The molecule has 138 valence electrons. The Morgan fingerprint density at radius 1 is 0.815 bits per heavy atom. The van der Waals surface area contributed by atoms with Gasteiger partial charge in [-0.15, -0.1) is 0 Å². The molecule has 0 aromatic heterocycles. The van der Waals surface area contributed by atoms with Crippen LogP contribution < -0.4 is 5.32 Å². The fourth-order valence-electron chi connectivity index (χ4n) is 2.97. The van der Waals surface area contributed by atoms with Crippen molar-refractivity contribution in [2.24, 2.45) is 0 Å². The van der Waals surface area contributed by atoms with E-state index in [1.54, 1.807) is 0 Å². The molecule has 0 fully saturated rings. The molecular weight excluding hydrogens is 351 g/mol. The number of rotatable bonds is 5. The number of halogens is 3. The summed E-state index contributed by atoms with van der Waals surface area (Å²) in [4.78, 5) is 12.5. The van der Waals surface area contributed by atoms with Crippen LogP contribution in [0.15, 0.2) is 84.9 Å². The minimum atomic E-state index is -4.45. The molecule has 5 heteroatoms. The molecule has 0 atom stereocenters. The van der Waals surface area contributed by atoms with E-state index in [1.165, 1.54) is 12.1 Å². The van der Waals surface area contributed by atoms with E-state index in [2.05, 4.69) is 5.32 Å². The second kappa shape index (κ2) is 8.08. The largest absolute Gasteiger partial charge is 0.416 e. The average Bonchev–Trinajstić information content (AvgIpc) is 2.67. The topological polar surface area (TPSA) is 29.1 Å². The molecule has 0 saturated heterocycles. The van der Waals surface area contributed by atoms with Gasteiger partial charge in [0.25, 0.3) is 0 Å². The van der Waals surface area contributed by atoms with Gasteiger partial charge in [-0.1, -0.05) is 66.7 Å². The zero-order chi connectivity index (χ0) is 19.3. The molecule has 0 saturated carbocycles. The average molecular weight is 369 g/mol. The number of carbonyl (C=O) groups excluding carboxylic acids is 1. The van der Waals surface area contributed by atoms with Crippen molar-refractivity contribution in [2.45, 2.75) is 18.5 Å². The summed E-state index contributed by atoms with van der Waals surface area (Å²) in [5.41, 5.74) is 1.29. The summed E-state index contributed by atoms with van der Waals surface area (Å²) in [6.45, 7) is 0. The van der Waals surface area contributed by atoms with Crippen molar-refractivity contribution in [1.29, 1.82) is 0 Å². The zero-order valence-corrected chi connectivity index (χ0v) is 14.4. The van der Waals surface area contributed by atoms with Gasteiger partial charge in [-0.25, -0.2) is 0 Å². The van der Waals surface area contributed by atoms with Crippen molar-refractivity contribution < 1.29 is 18.0 Å². The summed E-state index contributed by atoms with van der Waals surface area (Å²) in [5.74, 6) is -0.523.